The Hall–Kier alpha value is -0.860. The molecule has 0 radical (unpaired) electrons. The van der Waals surface area contributed by atoms with Crippen LogP contribution in [0, 0.1) is 5.92 Å². The van der Waals surface area contributed by atoms with E-state index in [1.165, 1.54) is 49.7 Å². The molecule has 3 unspecified atom stereocenters. The molecule has 2 rings (SSSR count). The van der Waals surface area contributed by atoms with Gasteiger partial charge in [-0.2, -0.15) is 0 Å². The number of ether oxygens (including phenoxy) is 1. The van der Waals surface area contributed by atoms with Gasteiger partial charge in [0.05, 0.1) is 12.7 Å². The Labute approximate surface area is 148 Å². The Balaban J connectivity index is 1.87. The van der Waals surface area contributed by atoms with Gasteiger partial charge in [-0.15, -0.1) is 0 Å². The summed E-state index contributed by atoms with van der Waals surface area (Å²) in [5.74, 6) is 0.716. The number of hydrogen-bond acceptors (Lipinski definition) is 2. The lowest BCUT2D eigenvalue weighted by Crippen LogP contribution is -2.20. The van der Waals surface area contributed by atoms with E-state index in [1.807, 2.05) is 0 Å². The summed E-state index contributed by atoms with van der Waals surface area (Å²) in [6.07, 6.45) is 10.5. The van der Waals surface area contributed by atoms with Gasteiger partial charge in [0.25, 0.3) is 0 Å². The second kappa shape index (κ2) is 10.9. The third kappa shape index (κ3) is 5.89. The third-order valence-electron chi connectivity index (χ3n) is 5.41. The van der Waals surface area contributed by atoms with Gasteiger partial charge in [-0.25, -0.2) is 0 Å². The molecular weight excluding hydrogens is 296 g/mol. The molecule has 24 heavy (non-hydrogen) atoms. The van der Waals surface area contributed by atoms with Crippen molar-refractivity contribution in [2.45, 2.75) is 83.7 Å². The molecule has 0 aliphatic heterocycles. The van der Waals surface area contributed by atoms with Gasteiger partial charge in [-0.05, 0) is 49.1 Å². The number of unbranched alkanes of at least 4 members (excludes halogenated alkanes) is 4. The van der Waals surface area contributed by atoms with E-state index in [9.17, 15) is 5.11 Å². The Bertz CT molecular complexity index is 440. The Morgan fingerprint density at radius 3 is 2.42 bits per heavy atom. The van der Waals surface area contributed by atoms with Gasteiger partial charge in [0, 0.05) is 12.5 Å². The quantitative estimate of drug-likeness (QED) is 0.544. The number of aliphatic hydroxyl groups is 1. The van der Waals surface area contributed by atoms with Crippen molar-refractivity contribution in [2.24, 2.45) is 5.92 Å². The van der Waals surface area contributed by atoms with Gasteiger partial charge in [0.1, 0.15) is 0 Å². The highest BCUT2D eigenvalue weighted by Gasteiger charge is 2.36. The SMILES string of the molecule is CCCCCCc1ccc(C2C(O)CCC2COCCCC)cc1. The number of benzene rings is 1. The Kier molecular flexibility index (Phi) is 8.83. The van der Waals surface area contributed by atoms with Crippen LogP contribution in [0.5, 0.6) is 0 Å². The molecular formula is C22H36O2. The van der Waals surface area contributed by atoms with Crippen LogP contribution in [0.3, 0.4) is 0 Å². The van der Waals surface area contributed by atoms with Crippen molar-refractivity contribution in [1.82, 2.24) is 0 Å². The maximum absolute atomic E-state index is 10.4. The summed E-state index contributed by atoms with van der Waals surface area (Å²) in [4.78, 5) is 0. The summed E-state index contributed by atoms with van der Waals surface area (Å²) < 4.78 is 5.85. The zero-order valence-electron chi connectivity index (χ0n) is 15.7. The molecule has 0 heterocycles. The predicted octanol–water partition coefficient (Wildman–Crippen LogP) is 5.48. The van der Waals surface area contributed by atoms with Crippen LogP contribution in [0.15, 0.2) is 24.3 Å². The van der Waals surface area contributed by atoms with E-state index in [0.29, 0.717) is 5.92 Å². The highest BCUT2D eigenvalue weighted by molar-refractivity contribution is 5.28. The van der Waals surface area contributed by atoms with E-state index in [0.717, 1.165) is 32.5 Å². The molecule has 2 heteroatoms. The summed E-state index contributed by atoms with van der Waals surface area (Å²) in [6, 6.07) is 9.02. The van der Waals surface area contributed by atoms with Crippen LogP contribution < -0.4 is 0 Å². The smallest absolute Gasteiger partial charge is 0.0612 e. The molecule has 1 N–H and O–H groups in total. The van der Waals surface area contributed by atoms with Crippen LogP contribution in [0.4, 0.5) is 0 Å². The number of aliphatic hydroxyl groups excluding tert-OH is 1. The fourth-order valence-electron chi connectivity index (χ4n) is 3.88. The van der Waals surface area contributed by atoms with Gasteiger partial charge in [-0.1, -0.05) is 63.8 Å². The van der Waals surface area contributed by atoms with Crippen molar-refractivity contribution in [3.8, 4) is 0 Å². The predicted molar refractivity (Wildman–Crippen MR) is 101 cm³/mol. The molecule has 136 valence electrons. The molecule has 1 aromatic carbocycles. The van der Waals surface area contributed by atoms with Gasteiger partial charge in [-0.3, -0.25) is 0 Å². The van der Waals surface area contributed by atoms with Crippen molar-refractivity contribution in [3.05, 3.63) is 35.4 Å². The second-order valence-corrected chi connectivity index (χ2v) is 7.41. The lowest BCUT2D eigenvalue weighted by Gasteiger charge is -2.23. The molecule has 3 atom stereocenters. The van der Waals surface area contributed by atoms with Gasteiger partial charge in [0.2, 0.25) is 0 Å². The molecule has 1 aliphatic carbocycles. The minimum atomic E-state index is -0.208. The van der Waals surface area contributed by atoms with Gasteiger partial charge < -0.3 is 9.84 Å². The van der Waals surface area contributed by atoms with Gasteiger partial charge >= 0.3 is 0 Å². The maximum Gasteiger partial charge on any atom is 0.0612 e. The highest BCUT2D eigenvalue weighted by Crippen LogP contribution is 2.40. The molecule has 0 saturated heterocycles. The van der Waals surface area contributed by atoms with E-state index in [4.69, 9.17) is 4.74 Å². The van der Waals surface area contributed by atoms with Crippen LogP contribution in [-0.2, 0) is 11.2 Å². The summed E-state index contributed by atoms with van der Waals surface area (Å²) in [5.41, 5.74) is 2.72. The molecule has 2 nitrogen and oxygen atoms in total. The first-order valence-corrected chi connectivity index (χ1v) is 10.1. The van der Waals surface area contributed by atoms with Crippen molar-refractivity contribution in [3.63, 3.8) is 0 Å². The summed E-state index contributed by atoms with van der Waals surface area (Å²) in [6.45, 7) is 6.09. The molecule has 1 saturated carbocycles. The summed E-state index contributed by atoms with van der Waals surface area (Å²) >= 11 is 0. The van der Waals surface area contributed by atoms with Crippen molar-refractivity contribution in [2.75, 3.05) is 13.2 Å². The Morgan fingerprint density at radius 2 is 1.71 bits per heavy atom. The van der Waals surface area contributed by atoms with E-state index in [1.54, 1.807) is 0 Å². The van der Waals surface area contributed by atoms with Crippen LogP contribution in [-0.4, -0.2) is 24.4 Å². The first-order chi connectivity index (χ1) is 11.8. The number of aryl methyl sites for hydroxylation is 1. The van der Waals surface area contributed by atoms with Crippen LogP contribution in [0.25, 0.3) is 0 Å². The molecule has 1 fully saturated rings. The van der Waals surface area contributed by atoms with Crippen LogP contribution >= 0.6 is 0 Å². The summed E-state index contributed by atoms with van der Waals surface area (Å²) in [7, 11) is 0. The second-order valence-electron chi connectivity index (χ2n) is 7.41. The minimum Gasteiger partial charge on any atom is -0.392 e. The lowest BCUT2D eigenvalue weighted by atomic mass is 9.87. The molecule has 1 aliphatic rings. The topological polar surface area (TPSA) is 29.5 Å². The average Bonchev–Trinajstić information content (AvgIpc) is 2.97. The Morgan fingerprint density at radius 1 is 0.958 bits per heavy atom. The van der Waals surface area contributed by atoms with Crippen LogP contribution in [0.2, 0.25) is 0 Å². The third-order valence-corrected chi connectivity index (χ3v) is 5.41. The molecule has 0 aromatic heterocycles. The first kappa shape index (κ1) is 19.5. The lowest BCUT2D eigenvalue weighted by molar-refractivity contribution is 0.0800. The van der Waals surface area contributed by atoms with E-state index in [-0.39, 0.29) is 12.0 Å². The molecule has 1 aromatic rings. The monoisotopic (exact) mass is 332 g/mol. The van der Waals surface area contributed by atoms with Crippen molar-refractivity contribution >= 4 is 0 Å². The summed E-state index contributed by atoms with van der Waals surface area (Å²) in [5, 5.41) is 10.4. The van der Waals surface area contributed by atoms with Crippen LogP contribution in [0.1, 0.15) is 82.3 Å². The zero-order chi connectivity index (χ0) is 17.2. The van der Waals surface area contributed by atoms with Crippen molar-refractivity contribution < 1.29 is 9.84 Å². The van der Waals surface area contributed by atoms with E-state index in [2.05, 4.69) is 38.1 Å². The zero-order valence-corrected chi connectivity index (χ0v) is 15.7. The number of hydrogen-bond donors (Lipinski definition) is 1. The fourth-order valence-corrected chi connectivity index (χ4v) is 3.88. The van der Waals surface area contributed by atoms with Gasteiger partial charge in [0.15, 0.2) is 0 Å². The highest BCUT2D eigenvalue weighted by atomic mass is 16.5. The van der Waals surface area contributed by atoms with E-state index >= 15 is 0 Å². The standard InChI is InChI=1S/C22H36O2/c1-3-5-7-8-9-18-10-12-19(13-11-18)22-20(14-15-21(22)23)17-24-16-6-4-2/h10-13,20-23H,3-9,14-17H2,1-2H3. The average molecular weight is 333 g/mol. The largest absolute Gasteiger partial charge is 0.392 e. The fraction of sp³-hybridized carbons (Fsp3) is 0.727. The molecule has 0 amide bonds. The molecule has 0 bridgehead atoms. The maximum atomic E-state index is 10.4. The first-order valence-electron chi connectivity index (χ1n) is 10.1. The number of rotatable bonds is 11. The minimum absolute atomic E-state index is 0.208. The van der Waals surface area contributed by atoms with E-state index < -0.39 is 0 Å². The van der Waals surface area contributed by atoms with Crippen molar-refractivity contribution in [1.29, 1.82) is 0 Å². The molecule has 0 spiro atoms. The normalized spacial score (nSPS) is 23.7.